The van der Waals surface area contributed by atoms with Crippen molar-refractivity contribution < 1.29 is 14.9 Å². The van der Waals surface area contributed by atoms with E-state index in [1.54, 1.807) is 0 Å². The van der Waals surface area contributed by atoms with Gasteiger partial charge in [-0.15, -0.1) is 0 Å². The van der Waals surface area contributed by atoms with Gasteiger partial charge in [-0.25, -0.2) is 0 Å². The van der Waals surface area contributed by atoms with Crippen LogP contribution < -0.4 is 16.0 Å². The third kappa shape index (κ3) is 5.10. The van der Waals surface area contributed by atoms with Crippen LogP contribution in [0.25, 0.3) is 0 Å². The number of nitrogens with two attached hydrogens (primary N) is 1. The summed E-state index contributed by atoms with van der Waals surface area (Å²) in [5.74, 6) is 0.0859. The van der Waals surface area contributed by atoms with E-state index < -0.39 is 6.04 Å². The summed E-state index contributed by atoms with van der Waals surface area (Å²) in [7, 11) is 0. The maximum absolute atomic E-state index is 12.9. The molecule has 3 rings (SSSR count). The van der Waals surface area contributed by atoms with Crippen molar-refractivity contribution >= 4 is 11.8 Å². The van der Waals surface area contributed by atoms with Crippen LogP contribution in [0.2, 0.25) is 0 Å². The molecule has 1 aliphatic carbocycles. The number of carbonyl (C=O) groups excluding carboxylic acids is 2. The highest BCUT2D eigenvalue weighted by molar-refractivity contribution is 5.89. The van der Waals surface area contributed by atoms with E-state index in [1.807, 2.05) is 19.1 Å². The summed E-state index contributed by atoms with van der Waals surface area (Å²) in [5.41, 5.74) is 2.54. The SMILES string of the molecule is CC[C@@H](C)[C@H](NC(=O)[C@@H]1Cc2ccccc2C[NH2+]1)C(=O)NC1CCCCC1. The molecule has 0 radical (unpaired) electrons. The summed E-state index contributed by atoms with van der Waals surface area (Å²) in [6.45, 7) is 4.93. The molecule has 5 nitrogen and oxygen atoms in total. The van der Waals surface area contributed by atoms with Crippen LogP contribution in [0.4, 0.5) is 0 Å². The molecular weight excluding hydrogens is 338 g/mol. The van der Waals surface area contributed by atoms with Crippen molar-refractivity contribution in [3.05, 3.63) is 35.4 Å². The fourth-order valence-corrected chi connectivity index (χ4v) is 4.25. The van der Waals surface area contributed by atoms with Crippen molar-refractivity contribution in [2.75, 3.05) is 0 Å². The van der Waals surface area contributed by atoms with Crippen LogP contribution in [0.5, 0.6) is 0 Å². The normalized spacial score (nSPS) is 22.4. The number of hydrogen-bond donors (Lipinski definition) is 3. The van der Waals surface area contributed by atoms with Gasteiger partial charge in [-0.2, -0.15) is 0 Å². The Morgan fingerprint density at radius 1 is 1.15 bits per heavy atom. The predicted octanol–water partition coefficient (Wildman–Crippen LogP) is 1.65. The first-order valence-corrected chi connectivity index (χ1v) is 10.6. The average Bonchev–Trinajstić information content (AvgIpc) is 2.71. The van der Waals surface area contributed by atoms with Crippen molar-refractivity contribution in [2.45, 2.75) is 83.5 Å². The van der Waals surface area contributed by atoms with Crippen LogP contribution in [0, 0.1) is 5.92 Å². The Hall–Kier alpha value is -1.88. The minimum atomic E-state index is -0.449. The Bertz CT molecular complexity index is 655. The molecule has 2 amide bonds. The zero-order chi connectivity index (χ0) is 19.2. The lowest BCUT2D eigenvalue weighted by Gasteiger charge is -2.30. The third-order valence-electron chi connectivity index (χ3n) is 6.26. The monoisotopic (exact) mass is 372 g/mol. The minimum absolute atomic E-state index is 0.0131. The van der Waals surface area contributed by atoms with Crippen molar-refractivity contribution in [3.8, 4) is 0 Å². The van der Waals surface area contributed by atoms with Crippen LogP contribution in [0.3, 0.4) is 0 Å². The van der Waals surface area contributed by atoms with E-state index in [0.717, 1.165) is 32.2 Å². The molecule has 1 aliphatic heterocycles. The van der Waals surface area contributed by atoms with Crippen molar-refractivity contribution in [2.24, 2.45) is 5.92 Å². The molecule has 1 saturated carbocycles. The second-order valence-electron chi connectivity index (χ2n) is 8.23. The van der Waals surface area contributed by atoms with Gasteiger partial charge in [0, 0.05) is 18.0 Å². The molecule has 148 valence electrons. The van der Waals surface area contributed by atoms with Gasteiger partial charge in [0.2, 0.25) is 5.91 Å². The second kappa shape index (κ2) is 9.36. The molecule has 4 N–H and O–H groups in total. The molecule has 2 aliphatic rings. The van der Waals surface area contributed by atoms with Gasteiger partial charge in [-0.1, -0.05) is 63.8 Å². The van der Waals surface area contributed by atoms with Crippen LogP contribution in [0.1, 0.15) is 63.5 Å². The smallest absolute Gasteiger partial charge is 0.279 e. The number of fused-ring (bicyclic) bond motifs is 1. The summed E-state index contributed by atoms with van der Waals surface area (Å²) < 4.78 is 0. The quantitative estimate of drug-likeness (QED) is 0.710. The van der Waals surface area contributed by atoms with E-state index in [1.165, 1.54) is 30.4 Å². The van der Waals surface area contributed by atoms with E-state index in [-0.39, 0.29) is 29.8 Å². The Labute approximate surface area is 162 Å². The van der Waals surface area contributed by atoms with Gasteiger partial charge >= 0.3 is 0 Å². The van der Waals surface area contributed by atoms with Gasteiger partial charge in [0.1, 0.15) is 12.6 Å². The number of quaternary nitrogens is 1. The highest BCUT2D eigenvalue weighted by atomic mass is 16.2. The van der Waals surface area contributed by atoms with Gasteiger partial charge in [0.05, 0.1) is 0 Å². The number of rotatable bonds is 6. The van der Waals surface area contributed by atoms with Crippen molar-refractivity contribution in [1.29, 1.82) is 0 Å². The number of amides is 2. The number of carbonyl (C=O) groups is 2. The van der Waals surface area contributed by atoms with Crippen LogP contribution in [0.15, 0.2) is 24.3 Å². The molecule has 0 unspecified atom stereocenters. The van der Waals surface area contributed by atoms with Crippen LogP contribution >= 0.6 is 0 Å². The van der Waals surface area contributed by atoms with E-state index in [0.29, 0.717) is 0 Å². The molecule has 1 fully saturated rings. The maximum Gasteiger partial charge on any atom is 0.279 e. The van der Waals surface area contributed by atoms with E-state index >= 15 is 0 Å². The predicted molar refractivity (Wildman–Crippen MR) is 106 cm³/mol. The molecule has 27 heavy (non-hydrogen) atoms. The number of nitrogens with one attached hydrogen (secondary N) is 2. The summed E-state index contributed by atoms with van der Waals surface area (Å²) in [4.78, 5) is 25.8. The first-order valence-electron chi connectivity index (χ1n) is 10.6. The number of benzene rings is 1. The Balaban J connectivity index is 1.61. The zero-order valence-electron chi connectivity index (χ0n) is 16.7. The van der Waals surface area contributed by atoms with Crippen LogP contribution in [-0.2, 0) is 22.6 Å². The molecule has 3 atom stereocenters. The Morgan fingerprint density at radius 3 is 2.56 bits per heavy atom. The molecule has 0 saturated heterocycles. The second-order valence-corrected chi connectivity index (χ2v) is 8.23. The van der Waals surface area contributed by atoms with E-state index in [9.17, 15) is 9.59 Å². The van der Waals surface area contributed by atoms with Crippen LogP contribution in [-0.4, -0.2) is 29.9 Å². The molecule has 0 bridgehead atoms. The molecular formula is C22H34N3O2+. The van der Waals surface area contributed by atoms with E-state index in [4.69, 9.17) is 0 Å². The third-order valence-corrected chi connectivity index (χ3v) is 6.26. The Kier molecular flexibility index (Phi) is 6.89. The lowest BCUT2D eigenvalue weighted by molar-refractivity contribution is -0.695. The topological polar surface area (TPSA) is 74.8 Å². The molecule has 0 spiro atoms. The largest absolute Gasteiger partial charge is 0.352 e. The summed E-state index contributed by atoms with van der Waals surface area (Å²) in [6.07, 6.45) is 7.32. The molecule has 5 heteroatoms. The summed E-state index contributed by atoms with van der Waals surface area (Å²) in [5, 5.41) is 8.36. The summed E-state index contributed by atoms with van der Waals surface area (Å²) >= 11 is 0. The summed E-state index contributed by atoms with van der Waals surface area (Å²) in [6, 6.07) is 7.96. The molecule has 1 aromatic rings. The average molecular weight is 373 g/mol. The fraction of sp³-hybridized carbons (Fsp3) is 0.636. The first-order chi connectivity index (χ1) is 13.1. The maximum atomic E-state index is 12.9. The Morgan fingerprint density at radius 2 is 1.85 bits per heavy atom. The van der Waals surface area contributed by atoms with Crippen molar-refractivity contribution in [1.82, 2.24) is 10.6 Å². The van der Waals surface area contributed by atoms with Gasteiger partial charge in [0.25, 0.3) is 5.91 Å². The first kappa shape index (κ1) is 19.9. The fourth-order valence-electron chi connectivity index (χ4n) is 4.25. The highest BCUT2D eigenvalue weighted by Crippen LogP contribution is 2.18. The molecule has 1 heterocycles. The zero-order valence-corrected chi connectivity index (χ0v) is 16.7. The minimum Gasteiger partial charge on any atom is -0.352 e. The highest BCUT2D eigenvalue weighted by Gasteiger charge is 2.33. The van der Waals surface area contributed by atoms with Gasteiger partial charge in [-0.05, 0) is 24.3 Å². The molecule has 0 aromatic heterocycles. The number of hydrogen-bond acceptors (Lipinski definition) is 2. The standard InChI is InChI=1S/C22H33N3O2/c1-3-15(2)20(22(27)24-18-11-5-4-6-12-18)25-21(26)19-13-16-9-7-8-10-17(16)14-23-19/h7-10,15,18-20,23H,3-6,11-14H2,1-2H3,(H,24,27)(H,25,26)/p+1/t15-,19+,20+/m1/s1. The lowest BCUT2D eigenvalue weighted by atomic mass is 9.92. The van der Waals surface area contributed by atoms with E-state index in [2.05, 4.69) is 35.0 Å². The van der Waals surface area contributed by atoms with Gasteiger partial charge in [-0.3, -0.25) is 9.59 Å². The molecule has 1 aromatic carbocycles. The lowest BCUT2D eigenvalue weighted by Crippen LogP contribution is -2.93. The van der Waals surface area contributed by atoms with Crippen molar-refractivity contribution in [3.63, 3.8) is 0 Å². The van der Waals surface area contributed by atoms with Gasteiger partial charge in [0.15, 0.2) is 6.04 Å². The van der Waals surface area contributed by atoms with Gasteiger partial charge < -0.3 is 16.0 Å².